The van der Waals surface area contributed by atoms with Gasteiger partial charge >= 0.3 is 0 Å². The van der Waals surface area contributed by atoms with E-state index in [1.165, 1.54) is 5.56 Å². The summed E-state index contributed by atoms with van der Waals surface area (Å²) in [6, 6.07) is 11.6. The summed E-state index contributed by atoms with van der Waals surface area (Å²) in [6.07, 6.45) is 0.887. The molecule has 21 heavy (non-hydrogen) atoms. The second-order valence-corrected chi connectivity index (χ2v) is 6.72. The maximum atomic E-state index is 12.6. The molecule has 2 aromatic rings. The van der Waals surface area contributed by atoms with Crippen LogP contribution in [0.4, 0.5) is 5.69 Å². The summed E-state index contributed by atoms with van der Waals surface area (Å²) in [5.74, 6) is -0.0625. The molecular formula is C16H14Br2N2O. The molecule has 0 aromatic heterocycles. The molecule has 3 rings (SSSR count). The first-order valence-electron chi connectivity index (χ1n) is 6.73. The van der Waals surface area contributed by atoms with Crippen LogP contribution in [0.1, 0.15) is 21.5 Å². The van der Waals surface area contributed by atoms with Gasteiger partial charge in [-0.2, -0.15) is 0 Å². The monoisotopic (exact) mass is 408 g/mol. The van der Waals surface area contributed by atoms with E-state index in [9.17, 15) is 4.79 Å². The molecule has 0 fully saturated rings. The minimum Gasteiger partial charge on any atom is -0.321 e. The van der Waals surface area contributed by atoms with Crippen LogP contribution in [0, 0.1) is 0 Å². The van der Waals surface area contributed by atoms with Crippen LogP contribution in [-0.2, 0) is 13.0 Å². The minimum absolute atomic E-state index is 0.0625. The van der Waals surface area contributed by atoms with Crippen LogP contribution >= 0.6 is 31.9 Å². The topological polar surface area (TPSA) is 41.1 Å². The summed E-state index contributed by atoms with van der Waals surface area (Å²) in [5, 5.41) is 6.31. The maximum Gasteiger partial charge on any atom is 0.255 e. The third kappa shape index (κ3) is 3.20. The van der Waals surface area contributed by atoms with Crippen LogP contribution in [-0.4, -0.2) is 12.5 Å². The van der Waals surface area contributed by atoms with E-state index >= 15 is 0 Å². The van der Waals surface area contributed by atoms with E-state index in [-0.39, 0.29) is 5.91 Å². The SMILES string of the molecule is O=C(Nc1cc(Br)ccc1Br)c1cccc2c1CCNC2. The number of halogens is 2. The fraction of sp³-hybridized carbons (Fsp3) is 0.188. The molecule has 0 radical (unpaired) electrons. The van der Waals surface area contributed by atoms with Crippen LogP contribution in [0.5, 0.6) is 0 Å². The number of benzene rings is 2. The standard InChI is InChI=1S/C16H14Br2N2O/c17-11-4-5-14(18)15(8-11)20-16(21)13-3-1-2-10-9-19-7-6-12(10)13/h1-5,8,19H,6-7,9H2,(H,20,21). The molecule has 0 spiro atoms. The van der Waals surface area contributed by atoms with Gasteiger partial charge in [0.2, 0.25) is 0 Å². The van der Waals surface area contributed by atoms with Gasteiger partial charge in [-0.3, -0.25) is 4.79 Å². The quantitative estimate of drug-likeness (QED) is 0.783. The van der Waals surface area contributed by atoms with Crippen LogP contribution in [0.3, 0.4) is 0 Å². The van der Waals surface area contributed by atoms with Gasteiger partial charge in [0, 0.05) is 21.1 Å². The first-order chi connectivity index (χ1) is 10.1. The average molecular weight is 410 g/mol. The summed E-state index contributed by atoms with van der Waals surface area (Å²) in [5.41, 5.74) is 3.89. The number of hydrogen-bond donors (Lipinski definition) is 2. The lowest BCUT2D eigenvalue weighted by Gasteiger charge is -2.20. The molecule has 0 atom stereocenters. The summed E-state index contributed by atoms with van der Waals surface area (Å²) in [7, 11) is 0. The molecule has 0 saturated carbocycles. The van der Waals surface area contributed by atoms with Crippen LogP contribution in [0.25, 0.3) is 0 Å². The first-order valence-corrected chi connectivity index (χ1v) is 8.31. The number of anilines is 1. The van der Waals surface area contributed by atoms with Crippen molar-refractivity contribution < 1.29 is 4.79 Å². The van der Waals surface area contributed by atoms with Gasteiger partial charge in [0.1, 0.15) is 0 Å². The van der Waals surface area contributed by atoms with E-state index in [1.54, 1.807) is 0 Å². The Bertz CT molecular complexity index is 701. The van der Waals surface area contributed by atoms with E-state index in [0.29, 0.717) is 0 Å². The van der Waals surface area contributed by atoms with E-state index in [4.69, 9.17) is 0 Å². The largest absolute Gasteiger partial charge is 0.321 e. The smallest absolute Gasteiger partial charge is 0.255 e. The predicted octanol–water partition coefficient (Wildman–Crippen LogP) is 4.11. The molecule has 5 heteroatoms. The van der Waals surface area contributed by atoms with Crippen molar-refractivity contribution in [2.45, 2.75) is 13.0 Å². The van der Waals surface area contributed by atoms with E-state index in [1.807, 2.05) is 30.3 Å². The van der Waals surface area contributed by atoms with Gasteiger partial charge in [-0.05, 0) is 64.3 Å². The molecular weight excluding hydrogens is 396 g/mol. The molecule has 1 aliphatic heterocycles. The molecule has 3 nitrogen and oxygen atoms in total. The fourth-order valence-electron chi connectivity index (χ4n) is 2.53. The van der Waals surface area contributed by atoms with Crippen LogP contribution in [0.2, 0.25) is 0 Å². The minimum atomic E-state index is -0.0625. The highest BCUT2D eigenvalue weighted by Gasteiger charge is 2.17. The van der Waals surface area contributed by atoms with Crippen molar-refractivity contribution in [1.29, 1.82) is 0 Å². The highest BCUT2D eigenvalue weighted by Crippen LogP contribution is 2.27. The molecule has 2 N–H and O–H groups in total. The van der Waals surface area contributed by atoms with Gasteiger partial charge < -0.3 is 10.6 Å². The Kier molecular flexibility index (Phi) is 4.42. The van der Waals surface area contributed by atoms with Gasteiger partial charge in [0.05, 0.1) is 5.69 Å². The van der Waals surface area contributed by atoms with Crippen molar-refractivity contribution in [2.24, 2.45) is 0 Å². The second-order valence-electron chi connectivity index (χ2n) is 4.95. The summed E-state index contributed by atoms with van der Waals surface area (Å²) >= 11 is 6.88. The highest BCUT2D eigenvalue weighted by atomic mass is 79.9. The number of nitrogens with one attached hydrogen (secondary N) is 2. The number of rotatable bonds is 2. The van der Waals surface area contributed by atoms with Crippen LogP contribution < -0.4 is 10.6 Å². The van der Waals surface area contributed by atoms with Crippen molar-refractivity contribution in [2.75, 3.05) is 11.9 Å². The fourth-order valence-corrected chi connectivity index (χ4v) is 3.23. The summed E-state index contributed by atoms with van der Waals surface area (Å²) in [4.78, 5) is 12.6. The lowest BCUT2D eigenvalue weighted by atomic mass is 9.95. The maximum absolute atomic E-state index is 12.6. The Hall–Kier alpha value is -1.17. The molecule has 1 heterocycles. The molecule has 0 unspecified atom stereocenters. The van der Waals surface area contributed by atoms with Gasteiger partial charge in [-0.25, -0.2) is 0 Å². The zero-order chi connectivity index (χ0) is 14.8. The molecule has 0 saturated heterocycles. The predicted molar refractivity (Wildman–Crippen MR) is 91.6 cm³/mol. The van der Waals surface area contributed by atoms with Crippen molar-refractivity contribution in [3.63, 3.8) is 0 Å². The third-order valence-electron chi connectivity index (χ3n) is 3.56. The first kappa shape index (κ1) is 14.8. The third-order valence-corrected chi connectivity index (χ3v) is 4.75. The number of carbonyl (C=O) groups is 1. The number of fused-ring (bicyclic) bond motifs is 1. The normalized spacial score (nSPS) is 13.6. The lowest BCUT2D eigenvalue weighted by Crippen LogP contribution is -2.26. The van der Waals surface area contributed by atoms with Gasteiger partial charge in [0.25, 0.3) is 5.91 Å². The Labute approximate surface area is 140 Å². The van der Waals surface area contributed by atoms with Crippen LogP contribution in [0.15, 0.2) is 45.3 Å². The molecule has 2 aromatic carbocycles. The molecule has 0 bridgehead atoms. The lowest BCUT2D eigenvalue weighted by molar-refractivity contribution is 0.102. The van der Waals surface area contributed by atoms with E-state index in [2.05, 4.69) is 48.6 Å². The zero-order valence-electron chi connectivity index (χ0n) is 11.2. The zero-order valence-corrected chi connectivity index (χ0v) is 14.4. The van der Waals surface area contributed by atoms with Crippen molar-refractivity contribution >= 4 is 43.5 Å². The van der Waals surface area contributed by atoms with Gasteiger partial charge in [-0.1, -0.05) is 28.1 Å². The van der Waals surface area contributed by atoms with Gasteiger partial charge in [-0.15, -0.1) is 0 Å². The Morgan fingerprint density at radius 1 is 1.19 bits per heavy atom. The summed E-state index contributed by atoms with van der Waals surface area (Å²) < 4.78 is 1.80. The van der Waals surface area contributed by atoms with E-state index < -0.39 is 0 Å². The molecule has 108 valence electrons. The van der Waals surface area contributed by atoms with E-state index in [0.717, 1.165) is 45.3 Å². The molecule has 1 amide bonds. The van der Waals surface area contributed by atoms with Crippen molar-refractivity contribution in [3.8, 4) is 0 Å². The molecule has 1 aliphatic rings. The van der Waals surface area contributed by atoms with Gasteiger partial charge in [0.15, 0.2) is 0 Å². The Morgan fingerprint density at radius 2 is 2.05 bits per heavy atom. The number of hydrogen-bond acceptors (Lipinski definition) is 2. The summed E-state index contributed by atoms with van der Waals surface area (Å²) in [6.45, 7) is 1.74. The Morgan fingerprint density at radius 3 is 2.90 bits per heavy atom. The number of amides is 1. The second kappa shape index (κ2) is 6.30. The highest BCUT2D eigenvalue weighted by molar-refractivity contribution is 9.11. The average Bonchev–Trinajstić information content (AvgIpc) is 2.50. The Balaban J connectivity index is 1.91. The van der Waals surface area contributed by atoms with Crippen molar-refractivity contribution in [3.05, 3.63) is 62.0 Å². The molecule has 0 aliphatic carbocycles. The van der Waals surface area contributed by atoms with Crippen molar-refractivity contribution in [1.82, 2.24) is 5.32 Å². The number of carbonyl (C=O) groups excluding carboxylic acids is 1.